The minimum Gasteiger partial charge on any atom is -0.490 e. The van der Waals surface area contributed by atoms with Crippen molar-refractivity contribution in [2.45, 2.75) is 20.8 Å². The number of aromatic nitrogens is 4. The summed E-state index contributed by atoms with van der Waals surface area (Å²) in [4.78, 5) is 4.19. The van der Waals surface area contributed by atoms with Crippen LogP contribution in [0.4, 0.5) is 0 Å². The van der Waals surface area contributed by atoms with E-state index in [2.05, 4.69) is 54.2 Å². The Morgan fingerprint density at radius 3 is 2.58 bits per heavy atom. The molecule has 0 fully saturated rings. The quantitative estimate of drug-likeness (QED) is 0.397. The van der Waals surface area contributed by atoms with Gasteiger partial charge in [0.05, 0.1) is 11.4 Å². The van der Waals surface area contributed by atoms with E-state index in [1.807, 2.05) is 10.6 Å². The average Bonchev–Trinajstić information content (AvgIpc) is 3.13. The van der Waals surface area contributed by atoms with Gasteiger partial charge < -0.3 is 8.98 Å². The molecule has 2 aromatic carbocycles. The first-order valence-electron chi connectivity index (χ1n) is 7.37. The minimum atomic E-state index is 0. The van der Waals surface area contributed by atoms with E-state index in [9.17, 15) is 0 Å². The van der Waals surface area contributed by atoms with E-state index >= 15 is 0 Å². The van der Waals surface area contributed by atoms with Crippen LogP contribution in [0, 0.1) is 26.8 Å². The van der Waals surface area contributed by atoms with Gasteiger partial charge in [-0.2, -0.15) is 5.10 Å². The molecule has 2 aromatic heterocycles. The molecule has 0 unspecified atom stereocenters. The molecular formula is C18H15IrN4O-. The maximum absolute atomic E-state index is 5.27. The molecule has 4 rings (SSSR count). The molecule has 0 saturated carbocycles. The van der Waals surface area contributed by atoms with Crippen molar-refractivity contribution >= 4 is 11.1 Å². The zero-order valence-corrected chi connectivity index (χ0v) is 15.9. The summed E-state index contributed by atoms with van der Waals surface area (Å²) in [6, 6.07) is 11.2. The molecule has 4 aromatic rings. The van der Waals surface area contributed by atoms with E-state index in [0.29, 0.717) is 5.58 Å². The molecule has 0 spiro atoms. The summed E-state index contributed by atoms with van der Waals surface area (Å²) in [5.74, 6) is 0.741. The normalized spacial score (nSPS) is 10.8. The molecule has 6 heteroatoms. The number of benzene rings is 2. The predicted octanol–water partition coefficient (Wildman–Crippen LogP) is 3.80. The fourth-order valence-corrected chi connectivity index (χ4v) is 3.07. The first-order valence-corrected chi connectivity index (χ1v) is 7.37. The Kier molecular flexibility index (Phi) is 4.35. The topological polar surface area (TPSA) is 56.7 Å². The number of hydrogen-bond donors (Lipinski definition) is 0. The Bertz CT molecular complexity index is 996. The van der Waals surface area contributed by atoms with Gasteiger partial charge in [0.25, 0.3) is 0 Å². The number of hydrogen-bond acceptors (Lipinski definition) is 4. The van der Waals surface area contributed by atoms with E-state index in [1.54, 1.807) is 12.4 Å². The second kappa shape index (κ2) is 6.30. The third-order valence-electron chi connectivity index (χ3n) is 3.93. The van der Waals surface area contributed by atoms with E-state index < -0.39 is 0 Å². The second-order valence-corrected chi connectivity index (χ2v) is 5.72. The van der Waals surface area contributed by atoms with Crippen LogP contribution < -0.4 is 0 Å². The Labute approximate surface area is 153 Å². The Morgan fingerprint density at radius 2 is 1.83 bits per heavy atom. The molecule has 0 N–H and O–H groups in total. The van der Waals surface area contributed by atoms with Crippen molar-refractivity contribution in [3.8, 4) is 17.1 Å². The molecule has 0 saturated heterocycles. The Balaban J connectivity index is 0.00000169. The van der Waals surface area contributed by atoms with Crippen molar-refractivity contribution in [1.29, 1.82) is 0 Å². The molecule has 0 amide bonds. The zero-order chi connectivity index (χ0) is 16.0. The minimum absolute atomic E-state index is 0. The summed E-state index contributed by atoms with van der Waals surface area (Å²) in [5, 5.41) is 8.38. The van der Waals surface area contributed by atoms with E-state index in [1.165, 1.54) is 23.1 Å². The van der Waals surface area contributed by atoms with Gasteiger partial charge in [0, 0.05) is 31.3 Å². The van der Waals surface area contributed by atoms with Crippen LogP contribution in [-0.2, 0) is 20.1 Å². The van der Waals surface area contributed by atoms with Gasteiger partial charge in [-0.05, 0) is 31.9 Å². The van der Waals surface area contributed by atoms with E-state index in [4.69, 9.17) is 4.42 Å². The molecule has 5 nitrogen and oxygen atoms in total. The van der Waals surface area contributed by atoms with Crippen LogP contribution in [0.5, 0.6) is 0 Å². The first kappa shape index (κ1) is 16.6. The molecule has 123 valence electrons. The number of oxazole rings is 1. The van der Waals surface area contributed by atoms with Gasteiger partial charge in [-0.15, -0.1) is 28.9 Å². The summed E-state index contributed by atoms with van der Waals surface area (Å²) in [6.07, 6.45) is 3.17. The monoisotopic (exact) mass is 496 g/mol. The van der Waals surface area contributed by atoms with Crippen molar-refractivity contribution in [3.63, 3.8) is 0 Å². The van der Waals surface area contributed by atoms with Crippen LogP contribution in [0.3, 0.4) is 0 Å². The summed E-state index contributed by atoms with van der Waals surface area (Å²) in [7, 11) is 0. The van der Waals surface area contributed by atoms with Crippen molar-refractivity contribution in [3.05, 3.63) is 59.7 Å². The number of rotatable bonds is 2. The van der Waals surface area contributed by atoms with Crippen LogP contribution in [-0.4, -0.2) is 19.7 Å². The average molecular weight is 496 g/mol. The molecule has 2 heterocycles. The molecule has 1 radical (unpaired) electrons. The molecule has 0 atom stereocenters. The van der Waals surface area contributed by atoms with Crippen LogP contribution in [0.15, 0.2) is 41.4 Å². The SMILES string of the molecule is Cc1cc(C)c(-n2cnnc2-c2[c-]cc3ocnc3c2)c(C)c1.[Ir]. The van der Waals surface area contributed by atoms with Gasteiger partial charge in [0.2, 0.25) is 0 Å². The predicted molar refractivity (Wildman–Crippen MR) is 87.4 cm³/mol. The Morgan fingerprint density at radius 1 is 1.08 bits per heavy atom. The van der Waals surface area contributed by atoms with Crippen LogP contribution in [0.1, 0.15) is 16.7 Å². The maximum Gasteiger partial charge on any atom is 0.169 e. The summed E-state index contributed by atoms with van der Waals surface area (Å²) in [6.45, 7) is 6.30. The fraction of sp³-hybridized carbons (Fsp3) is 0.167. The van der Waals surface area contributed by atoms with Crippen LogP contribution in [0.2, 0.25) is 0 Å². The largest absolute Gasteiger partial charge is 0.490 e. The number of fused-ring (bicyclic) bond motifs is 1. The molecule has 0 aliphatic carbocycles. The van der Waals surface area contributed by atoms with Gasteiger partial charge in [-0.1, -0.05) is 17.7 Å². The van der Waals surface area contributed by atoms with E-state index in [-0.39, 0.29) is 20.1 Å². The zero-order valence-electron chi connectivity index (χ0n) is 13.5. The maximum atomic E-state index is 5.27. The molecular weight excluding hydrogens is 480 g/mol. The van der Waals surface area contributed by atoms with Crippen molar-refractivity contribution < 1.29 is 24.5 Å². The van der Waals surface area contributed by atoms with Gasteiger partial charge >= 0.3 is 0 Å². The summed E-state index contributed by atoms with van der Waals surface area (Å²) >= 11 is 0. The molecule has 0 aliphatic rings. The van der Waals surface area contributed by atoms with Crippen molar-refractivity contribution in [1.82, 2.24) is 19.7 Å². The number of nitrogens with zero attached hydrogens (tertiary/aromatic N) is 4. The van der Waals surface area contributed by atoms with Gasteiger partial charge in [0.1, 0.15) is 6.33 Å². The third kappa shape index (κ3) is 2.68. The Hall–Kier alpha value is -2.30. The number of aryl methyl sites for hydroxylation is 3. The first-order chi connectivity index (χ1) is 11.1. The molecule has 24 heavy (non-hydrogen) atoms. The third-order valence-corrected chi connectivity index (χ3v) is 3.93. The van der Waals surface area contributed by atoms with Crippen molar-refractivity contribution in [2.75, 3.05) is 0 Å². The van der Waals surface area contributed by atoms with Gasteiger partial charge in [-0.25, -0.2) is 4.98 Å². The van der Waals surface area contributed by atoms with E-state index in [0.717, 1.165) is 22.6 Å². The van der Waals surface area contributed by atoms with Gasteiger partial charge in [0.15, 0.2) is 6.39 Å². The summed E-state index contributed by atoms with van der Waals surface area (Å²) in [5.41, 5.74) is 7.05. The summed E-state index contributed by atoms with van der Waals surface area (Å²) < 4.78 is 7.27. The fourth-order valence-electron chi connectivity index (χ4n) is 3.07. The van der Waals surface area contributed by atoms with Crippen molar-refractivity contribution in [2.24, 2.45) is 0 Å². The molecule has 0 aliphatic heterocycles. The van der Waals surface area contributed by atoms with Crippen LogP contribution >= 0.6 is 0 Å². The standard InChI is InChI=1S/C18H15N4O.Ir/c1-11-6-12(2)17(13(3)7-11)22-9-20-21-18(22)14-4-5-16-15(8-14)19-10-23-16;/h5-10H,1-3H3;/q-1;. The van der Waals surface area contributed by atoms with Crippen LogP contribution in [0.25, 0.3) is 28.2 Å². The van der Waals surface area contributed by atoms with Gasteiger partial charge in [-0.3, -0.25) is 0 Å². The second-order valence-electron chi connectivity index (χ2n) is 5.72. The smallest absolute Gasteiger partial charge is 0.169 e. The molecule has 0 bridgehead atoms.